The fraction of sp³-hybridized carbons (Fsp3) is 0.939. The Labute approximate surface area is 255 Å². The molecule has 0 aromatic heterocycles. The first-order valence-corrected chi connectivity index (χ1v) is 15.8. The average Bonchev–Trinajstić information content (AvgIpc) is 3.39. The quantitative estimate of drug-likeness (QED) is 0.248. The molecule has 0 aromatic carbocycles. The number of aliphatic hydroxyl groups is 1. The lowest BCUT2D eigenvalue weighted by Crippen LogP contribution is -2.43. The second kappa shape index (κ2) is 13.8. The van der Waals surface area contributed by atoms with E-state index in [0.29, 0.717) is 25.9 Å². The van der Waals surface area contributed by atoms with E-state index < -0.39 is 29.9 Å². The standard InChI is InChI=1S/C33H62N2O7/c1-28(2,3)19-30(7,8)21-34-25(36)13-15-32(11)39-17-23(41-32)27(38)24-18-40-33(12,42-24)16-14-26(37)35-22-31(9,10)20-29(4,5)6/h23-24,27,38H,13-22H2,1-12H3,(H,34,36)(H,35,37). The van der Waals surface area contributed by atoms with Crippen molar-refractivity contribution in [3.8, 4) is 0 Å². The van der Waals surface area contributed by atoms with Crippen LogP contribution in [0.25, 0.3) is 0 Å². The molecule has 2 fully saturated rings. The maximum absolute atomic E-state index is 12.6. The van der Waals surface area contributed by atoms with Crippen molar-refractivity contribution in [3.63, 3.8) is 0 Å². The van der Waals surface area contributed by atoms with Crippen LogP contribution in [0.5, 0.6) is 0 Å². The first-order chi connectivity index (χ1) is 18.9. The Morgan fingerprint density at radius 1 is 0.714 bits per heavy atom. The molecule has 0 aliphatic carbocycles. The van der Waals surface area contributed by atoms with Crippen molar-refractivity contribution in [2.45, 2.75) is 151 Å². The second-order valence-electron chi connectivity index (χ2n) is 17.0. The predicted octanol–water partition coefficient (Wildman–Crippen LogP) is 5.33. The molecule has 2 amide bonds. The van der Waals surface area contributed by atoms with Crippen molar-refractivity contribution in [3.05, 3.63) is 0 Å². The third-order valence-corrected chi connectivity index (χ3v) is 7.83. The summed E-state index contributed by atoms with van der Waals surface area (Å²) in [6.45, 7) is 27.1. The van der Waals surface area contributed by atoms with Crippen LogP contribution in [-0.4, -0.2) is 73.1 Å². The number of hydrogen-bond acceptors (Lipinski definition) is 7. The molecule has 2 aliphatic heterocycles. The molecule has 2 aliphatic rings. The topological polar surface area (TPSA) is 115 Å². The van der Waals surface area contributed by atoms with Gasteiger partial charge in [0.05, 0.1) is 13.2 Å². The van der Waals surface area contributed by atoms with E-state index in [1.54, 1.807) is 13.8 Å². The van der Waals surface area contributed by atoms with Gasteiger partial charge in [-0.2, -0.15) is 0 Å². The summed E-state index contributed by atoms with van der Waals surface area (Å²) in [5, 5.41) is 17.1. The second-order valence-corrected chi connectivity index (χ2v) is 17.0. The Morgan fingerprint density at radius 3 is 1.36 bits per heavy atom. The van der Waals surface area contributed by atoms with Crippen molar-refractivity contribution in [2.75, 3.05) is 26.3 Å². The number of carbonyl (C=O) groups is 2. The van der Waals surface area contributed by atoms with Gasteiger partial charge >= 0.3 is 0 Å². The highest BCUT2D eigenvalue weighted by Crippen LogP contribution is 2.36. The van der Waals surface area contributed by atoms with Gasteiger partial charge in [-0.05, 0) is 48.3 Å². The fourth-order valence-corrected chi connectivity index (χ4v) is 6.66. The maximum atomic E-state index is 12.6. The molecule has 3 N–H and O–H groups in total. The minimum atomic E-state index is -0.967. The van der Waals surface area contributed by atoms with Crippen LogP contribution in [0, 0.1) is 21.7 Å². The molecule has 9 nitrogen and oxygen atoms in total. The van der Waals surface area contributed by atoms with Crippen LogP contribution in [0.1, 0.15) is 122 Å². The summed E-state index contributed by atoms with van der Waals surface area (Å²) in [4.78, 5) is 25.1. The monoisotopic (exact) mass is 598 g/mol. The smallest absolute Gasteiger partial charge is 0.220 e. The zero-order valence-electron chi connectivity index (χ0n) is 28.7. The zero-order valence-corrected chi connectivity index (χ0v) is 28.7. The van der Waals surface area contributed by atoms with Crippen LogP contribution in [0.3, 0.4) is 0 Å². The molecule has 0 aromatic rings. The Kier molecular flexibility index (Phi) is 12.1. The Hall–Kier alpha value is -1.26. The van der Waals surface area contributed by atoms with Gasteiger partial charge in [0.25, 0.3) is 0 Å². The maximum Gasteiger partial charge on any atom is 0.220 e. The van der Waals surface area contributed by atoms with Crippen molar-refractivity contribution in [2.24, 2.45) is 21.7 Å². The van der Waals surface area contributed by atoms with E-state index in [4.69, 9.17) is 18.9 Å². The summed E-state index contributed by atoms with van der Waals surface area (Å²) in [6, 6.07) is 0. The van der Waals surface area contributed by atoms with Gasteiger partial charge in [-0.3, -0.25) is 9.59 Å². The van der Waals surface area contributed by atoms with Crippen molar-refractivity contribution < 1.29 is 33.6 Å². The molecule has 9 heteroatoms. The summed E-state index contributed by atoms with van der Waals surface area (Å²) in [7, 11) is 0. The van der Waals surface area contributed by atoms with Crippen LogP contribution in [0.4, 0.5) is 0 Å². The van der Waals surface area contributed by atoms with E-state index in [-0.39, 0.29) is 59.5 Å². The molecule has 2 rings (SSSR count). The largest absolute Gasteiger partial charge is 0.388 e. The summed E-state index contributed by atoms with van der Waals surface area (Å²) in [5.41, 5.74) is 0.370. The minimum Gasteiger partial charge on any atom is -0.388 e. The summed E-state index contributed by atoms with van der Waals surface area (Å²) in [5.74, 6) is -2.02. The number of aliphatic hydroxyl groups excluding tert-OH is 1. The lowest BCUT2D eigenvalue weighted by Gasteiger charge is -2.32. The van der Waals surface area contributed by atoms with Gasteiger partial charge in [0.15, 0.2) is 11.6 Å². The van der Waals surface area contributed by atoms with Crippen LogP contribution < -0.4 is 10.6 Å². The summed E-state index contributed by atoms with van der Waals surface area (Å²) in [6.07, 6.45) is 1.11. The highest BCUT2D eigenvalue weighted by molar-refractivity contribution is 5.76. The van der Waals surface area contributed by atoms with Gasteiger partial charge < -0.3 is 34.7 Å². The molecule has 4 unspecified atom stereocenters. The SMILES string of the molecule is CC(C)(C)CC(C)(C)CNC(=O)CCC1(C)OCC(C(O)C2COC(C)(CCC(=O)NCC(C)(C)CC(C)(C)C)O2)O1. The first-order valence-electron chi connectivity index (χ1n) is 15.8. The van der Waals surface area contributed by atoms with Crippen molar-refractivity contribution >= 4 is 11.8 Å². The van der Waals surface area contributed by atoms with Gasteiger partial charge in [0.1, 0.15) is 18.3 Å². The predicted molar refractivity (Wildman–Crippen MR) is 165 cm³/mol. The van der Waals surface area contributed by atoms with E-state index in [0.717, 1.165) is 12.8 Å². The molecular weight excluding hydrogens is 536 g/mol. The van der Waals surface area contributed by atoms with E-state index in [2.05, 4.69) is 79.9 Å². The number of rotatable bonds is 14. The van der Waals surface area contributed by atoms with Gasteiger partial charge in [-0.15, -0.1) is 0 Å². The van der Waals surface area contributed by atoms with Crippen LogP contribution in [0.15, 0.2) is 0 Å². The molecular formula is C33H62N2O7. The number of amides is 2. The van der Waals surface area contributed by atoms with E-state index in [1.807, 2.05) is 0 Å². The highest BCUT2D eigenvalue weighted by atomic mass is 16.8. The third-order valence-electron chi connectivity index (χ3n) is 7.83. The Bertz CT molecular complexity index is 835. The van der Waals surface area contributed by atoms with Crippen LogP contribution in [0.2, 0.25) is 0 Å². The minimum absolute atomic E-state index is 0.00196. The number of ether oxygens (including phenoxy) is 4. The molecule has 2 heterocycles. The fourth-order valence-electron chi connectivity index (χ4n) is 6.66. The van der Waals surface area contributed by atoms with Crippen molar-refractivity contribution in [1.82, 2.24) is 10.6 Å². The summed E-state index contributed by atoms with van der Waals surface area (Å²) >= 11 is 0. The van der Waals surface area contributed by atoms with Gasteiger partial charge in [0.2, 0.25) is 11.8 Å². The molecule has 42 heavy (non-hydrogen) atoms. The molecule has 2 saturated heterocycles. The van der Waals surface area contributed by atoms with E-state index >= 15 is 0 Å². The molecule has 4 atom stereocenters. The van der Waals surface area contributed by atoms with Crippen LogP contribution >= 0.6 is 0 Å². The van der Waals surface area contributed by atoms with Gasteiger partial charge in [-0.25, -0.2) is 0 Å². The number of hydrogen-bond donors (Lipinski definition) is 3. The van der Waals surface area contributed by atoms with E-state index in [9.17, 15) is 14.7 Å². The zero-order chi connectivity index (χ0) is 32.2. The average molecular weight is 599 g/mol. The van der Waals surface area contributed by atoms with Crippen LogP contribution in [-0.2, 0) is 28.5 Å². The van der Waals surface area contributed by atoms with E-state index in [1.165, 1.54) is 0 Å². The number of nitrogens with one attached hydrogen (secondary N) is 2. The molecule has 0 radical (unpaired) electrons. The third kappa shape index (κ3) is 13.2. The normalized spacial score (nSPS) is 28.1. The first kappa shape index (κ1) is 36.9. The lowest BCUT2D eigenvalue weighted by atomic mass is 9.76. The Balaban J connectivity index is 1.76. The number of carbonyl (C=O) groups excluding carboxylic acids is 2. The molecule has 0 bridgehead atoms. The van der Waals surface area contributed by atoms with Gasteiger partial charge in [0, 0.05) is 38.8 Å². The van der Waals surface area contributed by atoms with Gasteiger partial charge in [-0.1, -0.05) is 69.2 Å². The highest BCUT2D eigenvalue weighted by Gasteiger charge is 2.47. The lowest BCUT2D eigenvalue weighted by molar-refractivity contribution is -0.195. The van der Waals surface area contributed by atoms with Crippen molar-refractivity contribution in [1.29, 1.82) is 0 Å². The molecule has 246 valence electrons. The Morgan fingerprint density at radius 2 is 1.05 bits per heavy atom. The molecule has 0 spiro atoms. The molecule has 0 saturated carbocycles. The summed E-state index contributed by atoms with van der Waals surface area (Å²) < 4.78 is 24.0.